The molecule has 0 bridgehead atoms. The lowest BCUT2D eigenvalue weighted by molar-refractivity contribution is 0.0949. The van der Waals surface area contributed by atoms with Crippen molar-refractivity contribution in [2.45, 2.75) is 37.1 Å². The van der Waals surface area contributed by atoms with Gasteiger partial charge < -0.3 is 5.32 Å². The first-order valence-electron chi connectivity index (χ1n) is 6.46. The smallest absolute Gasteiger partial charge is 0.253 e. The number of nitrogens with one attached hydrogen (secondary N) is 1. The van der Waals surface area contributed by atoms with Gasteiger partial charge in [-0.05, 0) is 37.0 Å². The Balaban J connectivity index is 2.14. The Kier molecular flexibility index (Phi) is 4.36. The molecule has 1 aliphatic rings. The normalized spacial score (nSPS) is 21.6. The number of benzene rings is 1. The van der Waals surface area contributed by atoms with Gasteiger partial charge in [-0.1, -0.05) is 24.9 Å². The van der Waals surface area contributed by atoms with E-state index in [1.807, 2.05) is 0 Å². The SMILES string of the molecule is CCCC1CC1NC(=O)c1cc(S(N)(=O)=O)ccc1Cl. The molecule has 1 fully saturated rings. The Labute approximate surface area is 123 Å². The maximum atomic E-state index is 12.1. The van der Waals surface area contributed by atoms with Crippen molar-refractivity contribution in [1.29, 1.82) is 0 Å². The quantitative estimate of drug-likeness (QED) is 0.869. The second-order valence-corrected chi connectivity index (χ2v) is 7.02. The van der Waals surface area contributed by atoms with E-state index in [-0.39, 0.29) is 27.4 Å². The maximum Gasteiger partial charge on any atom is 0.253 e. The summed E-state index contributed by atoms with van der Waals surface area (Å²) < 4.78 is 22.6. The molecule has 0 aromatic heterocycles. The Morgan fingerprint density at radius 1 is 1.50 bits per heavy atom. The van der Waals surface area contributed by atoms with Crippen molar-refractivity contribution in [2.24, 2.45) is 11.1 Å². The van der Waals surface area contributed by atoms with Crippen molar-refractivity contribution in [3.8, 4) is 0 Å². The van der Waals surface area contributed by atoms with E-state index in [2.05, 4.69) is 12.2 Å². The van der Waals surface area contributed by atoms with Gasteiger partial charge in [0.15, 0.2) is 0 Å². The Hall–Kier alpha value is -1.11. The van der Waals surface area contributed by atoms with Crippen molar-refractivity contribution in [1.82, 2.24) is 5.32 Å². The molecular formula is C13H17ClN2O3S. The Morgan fingerprint density at radius 2 is 2.20 bits per heavy atom. The van der Waals surface area contributed by atoms with Gasteiger partial charge in [0.1, 0.15) is 0 Å². The van der Waals surface area contributed by atoms with Gasteiger partial charge in [-0.3, -0.25) is 4.79 Å². The van der Waals surface area contributed by atoms with Crippen LogP contribution in [0.4, 0.5) is 0 Å². The van der Waals surface area contributed by atoms with E-state index in [9.17, 15) is 13.2 Å². The summed E-state index contributed by atoms with van der Waals surface area (Å²) in [4.78, 5) is 12.0. The number of sulfonamides is 1. The fraction of sp³-hybridized carbons (Fsp3) is 0.462. The summed E-state index contributed by atoms with van der Waals surface area (Å²) in [5.74, 6) is 0.160. The Bertz CT molecular complexity index is 631. The topological polar surface area (TPSA) is 89.3 Å². The van der Waals surface area contributed by atoms with Crippen LogP contribution in [0.5, 0.6) is 0 Å². The predicted octanol–water partition coefficient (Wildman–Crippen LogP) is 1.91. The molecular weight excluding hydrogens is 300 g/mol. The number of amides is 1. The highest BCUT2D eigenvalue weighted by Crippen LogP contribution is 2.35. The van der Waals surface area contributed by atoms with Crippen LogP contribution in [0.25, 0.3) is 0 Å². The molecule has 5 nitrogen and oxygen atoms in total. The van der Waals surface area contributed by atoms with Crippen LogP contribution in [0.1, 0.15) is 36.5 Å². The van der Waals surface area contributed by atoms with E-state index in [4.69, 9.17) is 16.7 Å². The van der Waals surface area contributed by atoms with Gasteiger partial charge in [-0.15, -0.1) is 0 Å². The van der Waals surface area contributed by atoms with Gasteiger partial charge >= 0.3 is 0 Å². The molecule has 20 heavy (non-hydrogen) atoms. The molecule has 1 aromatic carbocycles. The average Bonchev–Trinajstić information content (AvgIpc) is 3.06. The van der Waals surface area contributed by atoms with Gasteiger partial charge in [0.2, 0.25) is 10.0 Å². The summed E-state index contributed by atoms with van der Waals surface area (Å²) in [6.07, 6.45) is 3.13. The number of halogens is 1. The molecule has 0 spiro atoms. The third kappa shape index (κ3) is 3.50. The number of hydrogen-bond donors (Lipinski definition) is 2. The van der Waals surface area contributed by atoms with Crippen LogP contribution < -0.4 is 10.5 Å². The molecule has 0 radical (unpaired) electrons. The second kappa shape index (κ2) is 5.71. The molecule has 1 saturated carbocycles. The lowest BCUT2D eigenvalue weighted by atomic mass is 10.2. The van der Waals surface area contributed by atoms with Crippen LogP contribution in [0, 0.1) is 5.92 Å². The predicted molar refractivity (Wildman–Crippen MR) is 77.1 cm³/mol. The number of rotatable bonds is 5. The minimum atomic E-state index is -3.85. The summed E-state index contributed by atoms with van der Waals surface area (Å²) in [6.45, 7) is 2.10. The molecule has 3 N–H and O–H groups in total. The molecule has 1 amide bonds. The molecule has 7 heteroatoms. The van der Waals surface area contributed by atoms with E-state index in [1.165, 1.54) is 18.2 Å². The third-order valence-corrected chi connectivity index (χ3v) is 4.65. The molecule has 2 atom stereocenters. The minimum absolute atomic E-state index is 0.118. The fourth-order valence-corrected chi connectivity index (χ4v) is 2.96. The zero-order valence-electron chi connectivity index (χ0n) is 11.1. The van der Waals surface area contributed by atoms with E-state index >= 15 is 0 Å². The summed E-state index contributed by atoms with van der Waals surface area (Å²) in [6, 6.07) is 4.03. The van der Waals surface area contributed by atoms with Crippen LogP contribution in [0.2, 0.25) is 5.02 Å². The van der Waals surface area contributed by atoms with Crippen LogP contribution in [-0.2, 0) is 10.0 Å². The molecule has 2 unspecified atom stereocenters. The highest BCUT2D eigenvalue weighted by Gasteiger charge is 2.37. The van der Waals surface area contributed by atoms with E-state index in [0.29, 0.717) is 5.92 Å². The number of hydrogen-bond acceptors (Lipinski definition) is 3. The average molecular weight is 317 g/mol. The van der Waals surface area contributed by atoms with Gasteiger partial charge in [0.05, 0.1) is 15.5 Å². The van der Waals surface area contributed by atoms with Gasteiger partial charge in [0, 0.05) is 6.04 Å². The number of carbonyl (C=O) groups excluding carboxylic acids is 1. The molecule has 2 rings (SSSR count). The van der Waals surface area contributed by atoms with Crippen LogP contribution in [-0.4, -0.2) is 20.4 Å². The fourth-order valence-electron chi connectivity index (χ4n) is 2.22. The highest BCUT2D eigenvalue weighted by atomic mass is 35.5. The van der Waals surface area contributed by atoms with Gasteiger partial charge in [-0.2, -0.15) is 0 Å². The van der Waals surface area contributed by atoms with Crippen molar-refractivity contribution >= 4 is 27.5 Å². The first-order chi connectivity index (χ1) is 9.32. The second-order valence-electron chi connectivity index (χ2n) is 5.05. The lowest BCUT2D eigenvalue weighted by Crippen LogP contribution is -2.27. The zero-order chi connectivity index (χ0) is 14.9. The van der Waals surface area contributed by atoms with Crippen LogP contribution >= 0.6 is 11.6 Å². The number of primary sulfonamides is 1. The highest BCUT2D eigenvalue weighted by molar-refractivity contribution is 7.89. The molecule has 0 heterocycles. The standard InChI is InChI=1S/C13H17ClN2O3S/c1-2-3-8-6-12(8)16-13(17)10-7-9(20(15,18)19)4-5-11(10)14/h4-5,7-8,12H,2-3,6H2,1H3,(H,16,17)(H2,15,18,19). The first kappa shape index (κ1) is 15.3. The summed E-state index contributed by atoms with van der Waals surface area (Å²) >= 11 is 5.95. The molecule has 1 aliphatic carbocycles. The Morgan fingerprint density at radius 3 is 2.80 bits per heavy atom. The lowest BCUT2D eigenvalue weighted by Gasteiger charge is -2.08. The monoisotopic (exact) mass is 316 g/mol. The van der Waals surface area contributed by atoms with E-state index in [0.717, 1.165) is 19.3 Å². The molecule has 0 aliphatic heterocycles. The molecule has 0 saturated heterocycles. The molecule has 1 aromatic rings. The number of nitrogens with two attached hydrogens (primary N) is 1. The third-order valence-electron chi connectivity index (χ3n) is 3.41. The largest absolute Gasteiger partial charge is 0.349 e. The number of carbonyl (C=O) groups is 1. The summed E-state index contributed by atoms with van der Waals surface area (Å²) in [5, 5.41) is 8.12. The van der Waals surface area contributed by atoms with Crippen LogP contribution in [0.3, 0.4) is 0 Å². The van der Waals surface area contributed by atoms with Crippen molar-refractivity contribution in [2.75, 3.05) is 0 Å². The van der Waals surface area contributed by atoms with Crippen molar-refractivity contribution in [3.63, 3.8) is 0 Å². The van der Waals surface area contributed by atoms with Crippen LogP contribution in [0.15, 0.2) is 23.1 Å². The van der Waals surface area contributed by atoms with Crippen molar-refractivity contribution < 1.29 is 13.2 Å². The maximum absolute atomic E-state index is 12.1. The van der Waals surface area contributed by atoms with Gasteiger partial charge in [-0.25, -0.2) is 13.6 Å². The molecule has 110 valence electrons. The van der Waals surface area contributed by atoms with E-state index < -0.39 is 10.0 Å². The van der Waals surface area contributed by atoms with E-state index in [1.54, 1.807) is 0 Å². The summed E-state index contributed by atoms with van der Waals surface area (Å²) in [5.41, 5.74) is 0.139. The minimum Gasteiger partial charge on any atom is -0.349 e. The zero-order valence-corrected chi connectivity index (χ0v) is 12.7. The first-order valence-corrected chi connectivity index (χ1v) is 8.38. The van der Waals surface area contributed by atoms with Gasteiger partial charge in [0.25, 0.3) is 5.91 Å². The summed E-state index contributed by atoms with van der Waals surface area (Å²) in [7, 11) is -3.85. The van der Waals surface area contributed by atoms with Crippen molar-refractivity contribution in [3.05, 3.63) is 28.8 Å².